The van der Waals surface area contributed by atoms with E-state index >= 15 is 0 Å². The lowest BCUT2D eigenvalue weighted by Crippen LogP contribution is -2.45. The zero-order chi connectivity index (χ0) is 79.6. The van der Waals surface area contributed by atoms with Gasteiger partial charge in [-0.2, -0.15) is 53.6 Å². The largest absolute Gasteiger partial charge is 0.394 e. The molecule has 0 amide bonds. The Kier molecular flexibility index (Phi) is 26.1. The summed E-state index contributed by atoms with van der Waals surface area (Å²) in [5, 5.41) is 42.4. The molecule has 5 aromatic carbocycles. The van der Waals surface area contributed by atoms with Crippen LogP contribution in [0.5, 0.6) is 0 Å². The number of aryl methyl sites for hydroxylation is 3. The summed E-state index contributed by atoms with van der Waals surface area (Å²) >= 11 is 5.88. The molecule has 11 N–H and O–H groups in total. The normalized spacial score (nSPS) is 16.3. The van der Waals surface area contributed by atoms with Crippen LogP contribution in [0.3, 0.4) is 0 Å². The van der Waals surface area contributed by atoms with Crippen LogP contribution in [0.15, 0.2) is 183 Å². The second-order valence-electron chi connectivity index (χ2n) is 28.9. The number of anilines is 7. The summed E-state index contributed by atoms with van der Waals surface area (Å²) in [5.74, 6) is 8.20. The van der Waals surface area contributed by atoms with Gasteiger partial charge < -0.3 is 71.1 Å². The molecule has 4 aliphatic rings. The van der Waals surface area contributed by atoms with E-state index in [1.807, 2.05) is 145 Å². The van der Waals surface area contributed by atoms with Gasteiger partial charge in [0, 0.05) is 59.6 Å². The third kappa shape index (κ3) is 20.3. The molecular formula is C83H92ClF3N26O2. The first-order chi connectivity index (χ1) is 56.2. The standard InChI is InChI=1S/C24H28FN5.2C17H22N6O.C13H11ClN4.C12H9F2N5/c25-24-28-22(26-13-15-4-2-1-3-5-15)21-23(29-24)30(14-27-21)7-6-20-18-9-16-8-17(11-18)12-19(20)10-16;2*1-3-13(10-24)20-17-21-15(14-16(22-17)23(2)11-19-14)18-9-12-7-5-4-6-8-12;14-13-17-11-10(6-7-15-11)12(18-13)16-8-9-4-2-1-3-5-9;13-8-3-1-7(2-4-8)5-15-10-9-11(17-6-16-9)19-12(14)18-10/h1-5,14,16-20H,6-13H2,(H,26,28,29);2*4-8,11,13,24H,3,9-10H2,1-2H3,(H2,18,20,21,22);1-7H,8H2,(H2,15,16,17,18);1-4,6H,5H2,(H2,15,16,17,18,19)/t;13-;;;/m.1.../s1. The van der Waals surface area contributed by atoms with E-state index in [-0.39, 0.29) is 42.0 Å². The van der Waals surface area contributed by atoms with Gasteiger partial charge in [-0.3, -0.25) is 0 Å². The van der Waals surface area contributed by atoms with E-state index in [1.165, 1.54) is 56.1 Å². The SMILES string of the molecule is CCC(CO)Nc1nc(NCc2ccccc2)c2ncn(C)c2n1.CC[C@H](CO)Nc1nc(NCc2ccccc2)c2ncn(C)c2n1.Clc1nc(NCc2ccccc2)c2cc[nH]c2n1.Fc1ccc(CNc2nc(F)nc3nc[nH]c23)cc1.Fc1nc(NCc2ccccc2)c2ncn(CCC3C4CC5CC(C4)CC3C5)c2n1. The quantitative estimate of drug-likeness (QED) is 0.0224. The Labute approximate surface area is 666 Å². The van der Waals surface area contributed by atoms with Gasteiger partial charge in [-0.1, -0.05) is 147 Å². The number of nitrogens with zero attached hydrogens (tertiary/aromatic N) is 17. The fraction of sp³-hybridized carbons (Fsp3) is 0.325. The van der Waals surface area contributed by atoms with Crippen molar-refractivity contribution in [3.63, 3.8) is 0 Å². The molecular weight excluding hydrogens is 1490 g/mol. The number of halogens is 4. The van der Waals surface area contributed by atoms with Gasteiger partial charge in [-0.15, -0.1) is 0 Å². The number of imidazole rings is 4. The Bertz CT molecular complexity index is 5450. The van der Waals surface area contributed by atoms with Gasteiger partial charge in [-0.05, 0) is 139 Å². The van der Waals surface area contributed by atoms with Crippen LogP contribution in [0.1, 0.15) is 93.0 Å². The second-order valence-corrected chi connectivity index (χ2v) is 29.2. The summed E-state index contributed by atoms with van der Waals surface area (Å²) in [6.07, 6.45) is 16.9. The average molecular weight is 1580 g/mol. The van der Waals surface area contributed by atoms with Crippen molar-refractivity contribution in [1.29, 1.82) is 0 Å². The van der Waals surface area contributed by atoms with Crippen molar-refractivity contribution in [3.8, 4) is 0 Å². The highest BCUT2D eigenvalue weighted by Crippen LogP contribution is 2.57. The molecule has 115 heavy (non-hydrogen) atoms. The van der Waals surface area contributed by atoms with Gasteiger partial charge in [0.1, 0.15) is 22.8 Å². The van der Waals surface area contributed by atoms with Crippen LogP contribution in [-0.4, -0.2) is 129 Å². The van der Waals surface area contributed by atoms with Crippen LogP contribution >= 0.6 is 11.6 Å². The van der Waals surface area contributed by atoms with Crippen LogP contribution in [-0.2, 0) is 53.4 Å². The number of aliphatic hydroxyl groups is 2. The van der Waals surface area contributed by atoms with Crippen LogP contribution in [0, 0.1) is 47.6 Å². The van der Waals surface area contributed by atoms with Crippen LogP contribution in [0.4, 0.5) is 54.2 Å². The highest BCUT2D eigenvalue weighted by molar-refractivity contribution is 6.28. The molecule has 15 aromatic rings. The Morgan fingerprint density at radius 1 is 0.461 bits per heavy atom. The minimum absolute atomic E-state index is 0.0378. The van der Waals surface area contributed by atoms with E-state index in [0.29, 0.717) is 84.6 Å². The van der Waals surface area contributed by atoms with Crippen molar-refractivity contribution < 1.29 is 23.4 Å². The molecule has 4 saturated carbocycles. The maximum Gasteiger partial charge on any atom is 0.312 e. The first kappa shape index (κ1) is 79.2. The van der Waals surface area contributed by atoms with Gasteiger partial charge >= 0.3 is 12.2 Å². The Morgan fingerprint density at radius 3 is 1.40 bits per heavy atom. The van der Waals surface area contributed by atoms with Crippen molar-refractivity contribution >= 4 is 108 Å². The van der Waals surface area contributed by atoms with Crippen LogP contribution in [0.2, 0.25) is 5.28 Å². The van der Waals surface area contributed by atoms with E-state index in [0.717, 1.165) is 117 Å². The van der Waals surface area contributed by atoms with Crippen LogP contribution < -0.4 is 37.2 Å². The summed E-state index contributed by atoms with van der Waals surface area (Å²) < 4.78 is 45.9. The fourth-order valence-electron chi connectivity index (χ4n) is 15.2. The van der Waals surface area contributed by atoms with E-state index in [1.54, 1.807) is 24.8 Å². The minimum Gasteiger partial charge on any atom is -0.394 e. The molecule has 1 unspecified atom stereocenters. The fourth-order valence-corrected chi connectivity index (χ4v) is 15.4. The van der Waals surface area contributed by atoms with E-state index in [4.69, 9.17) is 11.6 Å². The lowest BCUT2D eigenvalue weighted by atomic mass is 9.51. The number of fused-ring (bicyclic) bond motifs is 5. The number of aromatic nitrogens is 19. The van der Waals surface area contributed by atoms with Gasteiger partial charge in [0.15, 0.2) is 62.4 Å². The number of nitrogens with one attached hydrogen (secondary N) is 9. The molecule has 0 aliphatic heterocycles. The maximum atomic E-state index is 14.2. The first-order valence-corrected chi connectivity index (χ1v) is 39.1. The van der Waals surface area contributed by atoms with Gasteiger partial charge in [0.2, 0.25) is 17.2 Å². The molecule has 10 aromatic heterocycles. The van der Waals surface area contributed by atoms with Crippen LogP contribution in [0.25, 0.3) is 55.7 Å². The van der Waals surface area contributed by atoms with E-state index in [2.05, 4.69) is 153 Å². The zero-order valence-corrected chi connectivity index (χ0v) is 64.9. The average Bonchev–Trinajstić information content (AvgIpc) is 1.51. The summed E-state index contributed by atoms with van der Waals surface area (Å²) in [5.41, 5.74) is 11.2. The monoisotopic (exact) mass is 1580 g/mol. The molecule has 594 valence electrons. The number of rotatable bonds is 26. The number of benzene rings is 5. The molecule has 0 spiro atoms. The lowest BCUT2D eigenvalue weighted by Gasteiger charge is -2.54. The molecule has 2 atom stereocenters. The Morgan fingerprint density at radius 2 is 0.904 bits per heavy atom. The predicted octanol–water partition coefficient (Wildman–Crippen LogP) is 14.8. The van der Waals surface area contributed by atoms with E-state index < -0.39 is 12.2 Å². The number of aliphatic hydroxyl groups excluding tert-OH is 2. The third-order valence-electron chi connectivity index (χ3n) is 21.0. The van der Waals surface area contributed by atoms with Crippen molar-refractivity contribution in [1.82, 2.24) is 93.4 Å². The molecule has 19 rings (SSSR count). The smallest absolute Gasteiger partial charge is 0.312 e. The van der Waals surface area contributed by atoms with Gasteiger partial charge in [0.25, 0.3) is 0 Å². The molecule has 28 nitrogen and oxygen atoms in total. The van der Waals surface area contributed by atoms with Crippen molar-refractivity contribution in [2.45, 2.75) is 117 Å². The van der Waals surface area contributed by atoms with E-state index in [9.17, 15) is 23.4 Å². The zero-order valence-electron chi connectivity index (χ0n) is 64.2. The summed E-state index contributed by atoms with van der Waals surface area (Å²) in [6, 6.07) is 48.2. The highest BCUT2D eigenvalue weighted by Gasteiger charge is 2.47. The molecule has 0 saturated heterocycles. The molecule has 4 fully saturated rings. The number of hydrogen-bond acceptors (Lipinski definition) is 23. The topological polar surface area (TPSA) is 351 Å². The maximum absolute atomic E-state index is 14.2. The Balaban J connectivity index is 0.000000120. The van der Waals surface area contributed by atoms with Gasteiger partial charge in [0.05, 0.1) is 56.0 Å². The molecule has 0 radical (unpaired) electrons. The lowest BCUT2D eigenvalue weighted by molar-refractivity contribution is -0.0409. The third-order valence-corrected chi connectivity index (χ3v) is 21.2. The Hall–Kier alpha value is -12.5. The van der Waals surface area contributed by atoms with Crippen molar-refractivity contribution in [2.75, 3.05) is 50.4 Å². The number of aromatic amines is 2. The first-order valence-electron chi connectivity index (χ1n) is 38.7. The molecule has 32 heteroatoms. The number of hydrogen-bond donors (Lipinski definition) is 11. The molecule has 4 bridgehead atoms. The highest BCUT2D eigenvalue weighted by atomic mass is 35.5. The predicted molar refractivity (Wildman–Crippen MR) is 442 cm³/mol. The summed E-state index contributed by atoms with van der Waals surface area (Å²) in [4.78, 5) is 64.8. The van der Waals surface area contributed by atoms with Crippen molar-refractivity contribution in [2.24, 2.45) is 43.7 Å². The summed E-state index contributed by atoms with van der Waals surface area (Å²) in [6.45, 7) is 7.92. The summed E-state index contributed by atoms with van der Waals surface area (Å²) in [7, 11) is 3.80. The minimum atomic E-state index is -0.846. The van der Waals surface area contributed by atoms with Gasteiger partial charge in [-0.25, -0.2) is 29.3 Å². The molecule has 10 heterocycles. The molecule has 4 aliphatic carbocycles. The number of H-pyrrole nitrogens is 2. The second kappa shape index (κ2) is 37.9. The van der Waals surface area contributed by atoms with Crippen molar-refractivity contribution in [3.05, 3.63) is 234 Å².